The van der Waals surface area contributed by atoms with Crippen LogP contribution in [0.5, 0.6) is 0 Å². The summed E-state index contributed by atoms with van der Waals surface area (Å²) in [6.45, 7) is 19.5. The Labute approximate surface area is 363 Å². The number of rotatable bonds is 2. The van der Waals surface area contributed by atoms with Crippen molar-refractivity contribution in [2.45, 2.75) is 77.0 Å². The first-order chi connectivity index (χ1) is 29.8. The average Bonchev–Trinajstić information content (AvgIpc) is 3.27. The third-order valence-electron chi connectivity index (χ3n) is 16.8. The molecule has 14 rings (SSSR count). The van der Waals surface area contributed by atoms with Crippen molar-refractivity contribution in [2.75, 3.05) is 0 Å². The van der Waals surface area contributed by atoms with Gasteiger partial charge in [-0.15, -0.1) is 0 Å². The molecule has 4 aliphatic rings. The molecule has 0 saturated heterocycles. The van der Waals surface area contributed by atoms with E-state index < -0.39 is 0 Å². The highest BCUT2D eigenvalue weighted by atomic mass is 14.5. The van der Waals surface area contributed by atoms with Crippen molar-refractivity contribution in [1.82, 2.24) is 0 Å². The van der Waals surface area contributed by atoms with Gasteiger partial charge in [-0.05, 0) is 167 Å². The fraction of sp³-hybridized carbons (Fsp3) is 0.194. The Morgan fingerprint density at radius 1 is 0.258 bits per heavy atom. The minimum atomic E-state index is -0.173. The largest absolute Gasteiger partial charge is 0.0616 e. The van der Waals surface area contributed by atoms with Gasteiger partial charge in [-0.2, -0.15) is 0 Å². The highest BCUT2D eigenvalue weighted by Gasteiger charge is 2.44. The third kappa shape index (κ3) is 3.94. The minimum absolute atomic E-state index is 0.0915. The van der Waals surface area contributed by atoms with E-state index in [1.807, 2.05) is 0 Å². The van der Waals surface area contributed by atoms with E-state index in [0.29, 0.717) is 0 Å². The van der Waals surface area contributed by atoms with Crippen molar-refractivity contribution in [3.8, 4) is 44.5 Å². The van der Waals surface area contributed by atoms with Crippen LogP contribution in [0.4, 0.5) is 0 Å². The molecule has 0 aromatic heterocycles. The maximum Gasteiger partial charge on any atom is 0.0159 e. The zero-order valence-corrected chi connectivity index (χ0v) is 36.9. The maximum atomic E-state index is 2.55. The van der Waals surface area contributed by atoms with Crippen LogP contribution in [0.1, 0.15) is 99.9 Å². The van der Waals surface area contributed by atoms with Gasteiger partial charge in [0.1, 0.15) is 0 Å². The first kappa shape index (κ1) is 35.1. The summed E-state index contributed by atoms with van der Waals surface area (Å²) in [5.74, 6) is 0. The standard InChI is InChI=1S/C62H48/c1-59(2)43-17-11-13-33-19-25-47-55(51(33)43)57-45(59)27-21-35-29-37(31-49(53(35)57)61(47,5)6)39-23-24-40(42-16-10-9-15-41(39)42)38-30-36-22-28-46-58-54(36)50(32-38)62(7,8)48-26-20-34-14-12-18-44(60(46,3)4)52(34)56(48)58/h9-32H,1-8H3. The summed E-state index contributed by atoms with van der Waals surface area (Å²) in [6.07, 6.45) is 0. The summed E-state index contributed by atoms with van der Waals surface area (Å²) < 4.78 is 0. The lowest BCUT2D eigenvalue weighted by Crippen LogP contribution is -2.30. The van der Waals surface area contributed by atoms with Gasteiger partial charge in [-0.1, -0.05) is 177 Å². The average molecular weight is 793 g/mol. The molecule has 10 aromatic rings. The molecule has 0 atom stereocenters. The molecule has 0 heterocycles. The van der Waals surface area contributed by atoms with E-state index in [2.05, 4.69) is 201 Å². The molecule has 0 radical (unpaired) electrons. The fourth-order valence-electron chi connectivity index (χ4n) is 13.5. The molecule has 62 heavy (non-hydrogen) atoms. The van der Waals surface area contributed by atoms with E-state index in [-0.39, 0.29) is 21.7 Å². The Morgan fingerprint density at radius 3 is 0.984 bits per heavy atom. The predicted molar refractivity (Wildman–Crippen MR) is 264 cm³/mol. The van der Waals surface area contributed by atoms with Gasteiger partial charge in [-0.25, -0.2) is 0 Å². The molecular formula is C62H48. The Morgan fingerprint density at radius 2 is 0.597 bits per heavy atom. The SMILES string of the molecule is CC1(C)c2ccc3cc(-c4ccc(-c5cc6c7c8c(ccc7c5)C(C)(C)c5cccc7ccc(c-8c57)C6(C)C)c5ccccc45)cc4c3c2-c2c(ccc3cccc1c23)C4(C)C. The molecule has 0 heteroatoms. The Balaban J connectivity index is 0.993. The zero-order valence-electron chi connectivity index (χ0n) is 36.9. The molecule has 0 fully saturated rings. The van der Waals surface area contributed by atoms with Gasteiger partial charge in [-0.3, -0.25) is 0 Å². The molecule has 0 unspecified atom stereocenters. The van der Waals surface area contributed by atoms with Crippen LogP contribution in [0.2, 0.25) is 0 Å². The summed E-state index contributed by atoms with van der Waals surface area (Å²) in [4.78, 5) is 0. The number of hydrogen-bond acceptors (Lipinski definition) is 0. The zero-order chi connectivity index (χ0) is 42.0. The molecule has 0 bridgehead atoms. The van der Waals surface area contributed by atoms with Crippen molar-refractivity contribution >= 4 is 53.9 Å². The maximum absolute atomic E-state index is 2.55. The monoisotopic (exact) mass is 792 g/mol. The van der Waals surface area contributed by atoms with Gasteiger partial charge in [0.05, 0.1) is 0 Å². The van der Waals surface area contributed by atoms with Crippen molar-refractivity contribution < 1.29 is 0 Å². The van der Waals surface area contributed by atoms with Crippen LogP contribution in [0, 0.1) is 0 Å². The lowest BCUT2D eigenvalue weighted by Gasteiger charge is -2.43. The van der Waals surface area contributed by atoms with Crippen LogP contribution in [0.25, 0.3) is 98.4 Å². The fourth-order valence-corrected chi connectivity index (χ4v) is 13.5. The number of benzene rings is 10. The van der Waals surface area contributed by atoms with Gasteiger partial charge in [0, 0.05) is 21.7 Å². The van der Waals surface area contributed by atoms with E-state index in [9.17, 15) is 0 Å². The minimum Gasteiger partial charge on any atom is -0.0616 e. The lowest BCUT2D eigenvalue weighted by molar-refractivity contribution is 0.628. The molecule has 0 spiro atoms. The molecule has 0 amide bonds. The second-order valence-corrected chi connectivity index (χ2v) is 21.2. The Hall–Kier alpha value is -6.50. The van der Waals surface area contributed by atoms with Crippen LogP contribution in [-0.4, -0.2) is 0 Å². The molecule has 10 aromatic carbocycles. The second kappa shape index (κ2) is 10.9. The summed E-state index contributed by atoms with van der Waals surface area (Å²) in [5, 5.41) is 13.7. The van der Waals surface area contributed by atoms with Crippen LogP contribution in [0.15, 0.2) is 146 Å². The molecule has 4 aliphatic carbocycles. The number of fused-ring (bicyclic) bond motifs is 1. The predicted octanol–water partition coefficient (Wildman–Crippen LogP) is 16.7. The normalized spacial score (nSPS) is 17.2. The summed E-state index contributed by atoms with van der Waals surface area (Å²) in [6, 6.07) is 57.1. The van der Waals surface area contributed by atoms with Crippen LogP contribution < -0.4 is 0 Å². The molecule has 0 N–H and O–H groups in total. The molecule has 0 nitrogen and oxygen atoms in total. The quantitative estimate of drug-likeness (QED) is 0.164. The molecule has 296 valence electrons. The first-order valence-electron chi connectivity index (χ1n) is 22.7. The van der Waals surface area contributed by atoms with Gasteiger partial charge >= 0.3 is 0 Å². The summed E-state index contributed by atoms with van der Waals surface area (Å²) in [5.41, 5.74) is 22.0. The van der Waals surface area contributed by atoms with Gasteiger partial charge in [0.25, 0.3) is 0 Å². The Kier molecular flexibility index (Phi) is 6.19. The van der Waals surface area contributed by atoms with Crippen LogP contribution >= 0.6 is 0 Å². The topological polar surface area (TPSA) is 0 Å². The molecule has 0 aliphatic heterocycles. The van der Waals surface area contributed by atoms with Gasteiger partial charge < -0.3 is 0 Å². The van der Waals surface area contributed by atoms with E-state index in [1.165, 1.54) is 143 Å². The Bertz CT molecular complexity index is 3540. The van der Waals surface area contributed by atoms with E-state index in [0.717, 1.165) is 0 Å². The van der Waals surface area contributed by atoms with E-state index in [4.69, 9.17) is 0 Å². The number of hydrogen-bond donors (Lipinski definition) is 0. The van der Waals surface area contributed by atoms with Crippen molar-refractivity contribution in [1.29, 1.82) is 0 Å². The van der Waals surface area contributed by atoms with Gasteiger partial charge in [0.15, 0.2) is 0 Å². The van der Waals surface area contributed by atoms with Crippen molar-refractivity contribution in [2.24, 2.45) is 0 Å². The highest BCUT2D eigenvalue weighted by molar-refractivity contribution is 6.18. The van der Waals surface area contributed by atoms with Gasteiger partial charge in [0.2, 0.25) is 0 Å². The van der Waals surface area contributed by atoms with E-state index in [1.54, 1.807) is 0 Å². The van der Waals surface area contributed by atoms with Crippen LogP contribution in [0.3, 0.4) is 0 Å². The van der Waals surface area contributed by atoms with Crippen LogP contribution in [-0.2, 0) is 21.7 Å². The van der Waals surface area contributed by atoms with Crippen molar-refractivity contribution in [3.05, 3.63) is 190 Å². The second-order valence-electron chi connectivity index (χ2n) is 21.2. The first-order valence-corrected chi connectivity index (χ1v) is 22.7. The smallest absolute Gasteiger partial charge is 0.0159 e. The van der Waals surface area contributed by atoms with E-state index >= 15 is 0 Å². The molecule has 0 saturated carbocycles. The highest BCUT2D eigenvalue weighted by Crippen LogP contribution is 2.61. The molecular weight excluding hydrogens is 745 g/mol. The summed E-state index contributed by atoms with van der Waals surface area (Å²) >= 11 is 0. The lowest BCUT2D eigenvalue weighted by atomic mass is 9.60. The third-order valence-corrected chi connectivity index (χ3v) is 16.8. The van der Waals surface area contributed by atoms with Crippen molar-refractivity contribution in [3.63, 3.8) is 0 Å². The summed E-state index contributed by atoms with van der Waals surface area (Å²) in [7, 11) is 0.